The molecule has 0 spiro atoms. The van der Waals surface area contributed by atoms with Gasteiger partial charge in [-0.3, -0.25) is 29.6 Å². The van der Waals surface area contributed by atoms with Crippen LogP contribution in [0, 0.1) is 20.2 Å². The molecule has 1 N–H and O–H groups in total. The standard InChI is InChI=1S/C47H55N7O9Si2/c1-46(2,3)64(7,8)61-26-37-36(63-65(9,10)47(4,5)6)25-38(62-37)52-27-48-40-43(52)50-45(51-44(40)60-23-22-28-18-20-29(21-19-28)53(56)57)49-35-24-34-30-14-11-12-15-31(30)42(55)33-17-13-16-32(39(33)34)41(35)54(58)59/h11-21,24,27,36-38H,22-23,25-26H2,1-10H3,(H,49,50,51)/t36-,37+,38+/m0/s1. The fourth-order valence-corrected chi connectivity index (χ4v) is 10.2. The zero-order chi connectivity index (χ0) is 46.8. The molecular weight excluding hydrogens is 863 g/mol. The predicted octanol–water partition coefficient (Wildman–Crippen LogP) is 11.1. The van der Waals surface area contributed by atoms with Gasteiger partial charge in [0.1, 0.15) is 18.0 Å². The van der Waals surface area contributed by atoms with Gasteiger partial charge in [0.05, 0.1) is 40.9 Å². The topological polar surface area (TPSA) is 196 Å². The molecule has 65 heavy (non-hydrogen) atoms. The number of non-ortho nitro benzene ring substituents is 1. The van der Waals surface area contributed by atoms with Crippen LogP contribution in [0.3, 0.4) is 0 Å². The fraction of sp³-hybridized carbons (Fsp3) is 0.404. The van der Waals surface area contributed by atoms with Gasteiger partial charge in [0.2, 0.25) is 11.8 Å². The van der Waals surface area contributed by atoms with E-state index in [-0.39, 0.29) is 57.5 Å². The molecule has 16 nitrogen and oxygen atoms in total. The van der Waals surface area contributed by atoms with E-state index in [0.29, 0.717) is 63.6 Å². The number of ether oxygens (including phenoxy) is 2. The summed E-state index contributed by atoms with van der Waals surface area (Å²) < 4.78 is 28.9. The van der Waals surface area contributed by atoms with Gasteiger partial charge in [-0.05, 0) is 65.1 Å². The normalized spacial score (nSPS) is 17.7. The lowest BCUT2D eigenvalue weighted by Gasteiger charge is -2.40. The molecular formula is C47H55N7O9Si2. The minimum absolute atomic E-state index is 0.000409. The van der Waals surface area contributed by atoms with Crippen molar-refractivity contribution in [2.75, 3.05) is 18.5 Å². The third-order valence-corrected chi connectivity index (χ3v) is 22.6. The molecule has 8 rings (SSSR count). The number of ketones is 1. The van der Waals surface area contributed by atoms with Crippen LogP contribution in [0.5, 0.6) is 5.88 Å². The molecule has 0 unspecified atom stereocenters. The van der Waals surface area contributed by atoms with Gasteiger partial charge in [0.25, 0.3) is 5.69 Å². The lowest BCUT2D eigenvalue weighted by atomic mass is 9.82. The first-order chi connectivity index (χ1) is 30.5. The minimum Gasteiger partial charge on any atom is -0.476 e. The van der Waals surface area contributed by atoms with Crippen molar-refractivity contribution in [2.24, 2.45) is 0 Å². The van der Waals surface area contributed by atoms with E-state index < -0.39 is 38.8 Å². The summed E-state index contributed by atoms with van der Waals surface area (Å²) in [5.41, 5.74) is 3.55. The summed E-state index contributed by atoms with van der Waals surface area (Å²) in [6.45, 7) is 22.6. The van der Waals surface area contributed by atoms with E-state index in [1.54, 1.807) is 54.9 Å². The lowest BCUT2D eigenvalue weighted by Crippen LogP contribution is -2.48. The Labute approximate surface area is 379 Å². The van der Waals surface area contributed by atoms with Crippen molar-refractivity contribution >= 4 is 67.4 Å². The summed E-state index contributed by atoms with van der Waals surface area (Å²) >= 11 is 0. The molecule has 0 amide bonds. The fourth-order valence-electron chi connectivity index (χ4n) is 7.86. The number of nitro benzene ring substituents is 2. The van der Waals surface area contributed by atoms with E-state index >= 15 is 0 Å². The van der Waals surface area contributed by atoms with Crippen LogP contribution in [0.15, 0.2) is 79.1 Å². The third-order valence-electron chi connectivity index (χ3n) is 13.6. The van der Waals surface area contributed by atoms with Crippen molar-refractivity contribution in [3.8, 4) is 17.0 Å². The van der Waals surface area contributed by atoms with E-state index in [2.05, 4.69) is 73.0 Å². The van der Waals surface area contributed by atoms with E-state index in [0.717, 1.165) is 5.56 Å². The average molecular weight is 918 g/mol. The second-order valence-corrected chi connectivity index (χ2v) is 29.4. The molecule has 1 fully saturated rings. The van der Waals surface area contributed by atoms with Crippen LogP contribution < -0.4 is 10.1 Å². The number of carbonyl (C=O) groups excluding carboxylic acids is 1. The number of hydrogen-bond acceptors (Lipinski definition) is 13. The second-order valence-electron chi connectivity index (χ2n) is 19.9. The first-order valence-corrected chi connectivity index (χ1v) is 27.6. The Kier molecular flexibility index (Phi) is 11.8. The van der Waals surface area contributed by atoms with Crippen LogP contribution in [0.25, 0.3) is 33.1 Å². The molecule has 1 aliphatic carbocycles. The molecule has 0 saturated carbocycles. The van der Waals surface area contributed by atoms with E-state index in [9.17, 15) is 25.0 Å². The summed E-state index contributed by atoms with van der Waals surface area (Å²) in [6, 6.07) is 20.1. The van der Waals surface area contributed by atoms with Gasteiger partial charge in [-0.1, -0.05) is 90.1 Å². The van der Waals surface area contributed by atoms with Gasteiger partial charge in [-0.15, -0.1) is 0 Å². The van der Waals surface area contributed by atoms with Gasteiger partial charge in [0, 0.05) is 41.5 Å². The quantitative estimate of drug-likeness (QED) is 0.0615. The number of carbonyl (C=O) groups is 1. The number of nitro groups is 2. The average Bonchev–Trinajstić information content (AvgIpc) is 3.84. The Bertz CT molecular complexity index is 2850. The third kappa shape index (κ3) is 8.68. The van der Waals surface area contributed by atoms with Crippen molar-refractivity contribution in [2.45, 2.75) is 109 Å². The highest BCUT2D eigenvalue weighted by molar-refractivity contribution is 6.74. The Morgan fingerprint density at radius 2 is 1.52 bits per heavy atom. The van der Waals surface area contributed by atoms with Crippen molar-refractivity contribution in [3.05, 3.63) is 116 Å². The SMILES string of the molecule is CC(C)(C)[Si](C)(C)OC[C@H]1O[C@@H](n2cnc3c(OCCc4ccc([N+](=O)[O-])cc4)nc(Nc4cc5c6c(cccc6c4[N+](=O)[O-])C(=O)c4ccccc4-5)nc32)C[C@@H]1O[Si](C)(C)C(C)(C)C. The first kappa shape index (κ1) is 45.6. The number of hydrogen-bond donors (Lipinski definition) is 1. The molecule has 0 radical (unpaired) electrons. The Balaban J connectivity index is 1.21. The molecule has 1 aliphatic heterocycles. The minimum atomic E-state index is -2.28. The molecule has 1 saturated heterocycles. The van der Waals surface area contributed by atoms with Crippen molar-refractivity contribution in [3.63, 3.8) is 0 Å². The van der Waals surface area contributed by atoms with Crippen LogP contribution >= 0.6 is 0 Å². The number of nitrogens with one attached hydrogen (secondary N) is 1. The highest BCUT2D eigenvalue weighted by atomic mass is 28.4. The summed E-state index contributed by atoms with van der Waals surface area (Å²) in [7, 11) is -4.45. The van der Waals surface area contributed by atoms with Crippen molar-refractivity contribution in [1.82, 2.24) is 19.5 Å². The Hall–Kier alpha value is -5.93. The van der Waals surface area contributed by atoms with Crippen LogP contribution in [0.4, 0.5) is 23.0 Å². The zero-order valence-electron chi connectivity index (χ0n) is 38.4. The highest BCUT2D eigenvalue weighted by Gasteiger charge is 2.47. The van der Waals surface area contributed by atoms with E-state index in [1.807, 2.05) is 16.7 Å². The molecule has 2 aromatic heterocycles. The van der Waals surface area contributed by atoms with Crippen LogP contribution in [0.2, 0.25) is 36.3 Å². The number of imidazole rings is 1. The maximum Gasteiger partial charge on any atom is 0.300 e. The molecule has 3 heterocycles. The number of anilines is 2. The van der Waals surface area contributed by atoms with Gasteiger partial charge in [-0.25, -0.2) is 4.98 Å². The summed E-state index contributed by atoms with van der Waals surface area (Å²) in [5.74, 6) is -0.0855. The smallest absolute Gasteiger partial charge is 0.300 e. The van der Waals surface area contributed by atoms with Crippen LogP contribution in [-0.2, 0) is 20.0 Å². The summed E-state index contributed by atoms with van der Waals surface area (Å²) in [6.07, 6.45) is 1.24. The van der Waals surface area contributed by atoms with Crippen molar-refractivity contribution < 1.29 is 33.0 Å². The number of fused-ring (bicyclic) bond motifs is 3. The zero-order valence-corrected chi connectivity index (χ0v) is 40.4. The largest absolute Gasteiger partial charge is 0.476 e. The maximum atomic E-state index is 13.6. The number of rotatable bonds is 14. The summed E-state index contributed by atoms with van der Waals surface area (Å²) in [5, 5.41) is 28.2. The molecule has 340 valence electrons. The maximum absolute atomic E-state index is 13.6. The van der Waals surface area contributed by atoms with Crippen LogP contribution in [0.1, 0.15) is 75.7 Å². The highest BCUT2D eigenvalue weighted by Crippen LogP contribution is 2.47. The number of aromatic nitrogens is 4. The van der Waals surface area contributed by atoms with E-state index in [4.69, 9.17) is 33.3 Å². The molecule has 6 aromatic rings. The van der Waals surface area contributed by atoms with Gasteiger partial charge >= 0.3 is 5.69 Å². The first-order valence-electron chi connectivity index (χ1n) is 21.8. The van der Waals surface area contributed by atoms with Gasteiger partial charge < -0.3 is 23.6 Å². The molecule has 3 atom stereocenters. The Morgan fingerprint density at radius 1 is 0.846 bits per heavy atom. The molecule has 4 aromatic carbocycles. The van der Waals surface area contributed by atoms with Gasteiger partial charge in [0.15, 0.2) is 33.6 Å². The predicted molar refractivity (Wildman–Crippen MR) is 254 cm³/mol. The molecule has 2 aliphatic rings. The Morgan fingerprint density at radius 3 is 2.18 bits per heavy atom. The molecule has 0 bridgehead atoms. The summed E-state index contributed by atoms with van der Waals surface area (Å²) in [4.78, 5) is 51.4. The number of nitrogens with zero attached hydrogens (tertiary/aromatic N) is 6. The second kappa shape index (κ2) is 16.8. The molecule has 18 heteroatoms. The monoisotopic (exact) mass is 917 g/mol. The van der Waals surface area contributed by atoms with Gasteiger partial charge in [-0.2, -0.15) is 9.97 Å². The van der Waals surface area contributed by atoms with E-state index in [1.165, 1.54) is 12.1 Å². The van der Waals surface area contributed by atoms with Crippen molar-refractivity contribution in [1.29, 1.82) is 0 Å². The van der Waals surface area contributed by atoms with Crippen LogP contribution in [-0.4, -0.2) is 77.2 Å². The lowest BCUT2D eigenvalue weighted by molar-refractivity contribution is -0.384. The number of benzene rings is 4.